The Balaban J connectivity index is 3.87. The molecular formula is C40H79NO5. The molecule has 0 amide bonds. The highest BCUT2D eigenvalue weighted by Crippen LogP contribution is 2.20. The number of hydrogen-bond donors (Lipinski definition) is 3. The maximum absolute atomic E-state index is 11.9. The Labute approximate surface area is 285 Å². The lowest BCUT2D eigenvalue weighted by Gasteiger charge is -2.28. The van der Waals surface area contributed by atoms with Crippen molar-refractivity contribution in [2.45, 2.75) is 244 Å². The highest BCUT2D eigenvalue weighted by atomic mass is 16.5. The van der Waals surface area contributed by atoms with Crippen molar-refractivity contribution in [1.82, 2.24) is 5.06 Å². The summed E-state index contributed by atoms with van der Waals surface area (Å²) in [7, 11) is 0. The first-order chi connectivity index (χ1) is 22.5. The van der Waals surface area contributed by atoms with Gasteiger partial charge in [0.15, 0.2) is 0 Å². The first-order valence-corrected chi connectivity index (χ1v) is 20.4. The molecule has 3 N–H and O–H groups in total. The lowest BCUT2D eigenvalue weighted by Crippen LogP contribution is -2.48. The normalized spacial score (nSPS) is 13.0. The van der Waals surface area contributed by atoms with Crippen molar-refractivity contribution in [1.29, 1.82) is 0 Å². The van der Waals surface area contributed by atoms with Crippen molar-refractivity contribution in [2.75, 3.05) is 0 Å². The van der Waals surface area contributed by atoms with Crippen LogP contribution in [0.5, 0.6) is 0 Å². The molecule has 0 aliphatic heterocycles. The van der Waals surface area contributed by atoms with Crippen LogP contribution in [0, 0.1) is 0 Å². The molecule has 46 heavy (non-hydrogen) atoms. The Morgan fingerprint density at radius 3 is 0.717 bits per heavy atom. The molecule has 2 atom stereocenters. The average Bonchev–Trinajstić information content (AvgIpc) is 3.03. The van der Waals surface area contributed by atoms with E-state index in [9.17, 15) is 25.0 Å². The number of hydrogen-bond acceptors (Lipinski definition) is 4. The van der Waals surface area contributed by atoms with Gasteiger partial charge in [0.05, 0.1) is 0 Å². The Bertz CT molecular complexity index is 604. The summed E-state index contributed by atoms with van der Waals surface area (Å²) in [4.78, 5) is 23.8. The number of nitrogens with zero attached hydrogens (tertiary/aromatic N) is 1. The third kappa shape index (κ3) is 29.0. The second kappa shape index (κ2) is 35.2. The van der Waals surface area contributed by atoms with E-state index in [1.165, 1.54) is 154 Å². The number of carboxylic acids is 2. The van der Waals surface area contributed by atoms with E-state index in [2.05, 4.69) is 13.8 Å². The fraction of sp³-hybridized carbons (Fsp3) is 0.950. The molecule has 6 nitrogen and oxygen atoms in total. The first-order valence-electron chi connectivity index (χ1n) is 20.4. The van der Waals surface area contributed by atoms with Crippen LogP contribution in [0.2, 0.25) is 0 Å². The molecule has 2 unspecified atom stereocenters. The largest absolute Gasteiger partial charge is 0.480 e. The van der Waals surface area contributed by atoms with Gasteiger partial charge in [0.1, 0.15) is 12.1 Å². The van der Waals surface area contributed by atoms with Gasteiger partial charge in [0, 0.05) is 0 Å². The van der Waals surface area contributed by atoms with Crippen LogP contribution in [0.25, 0.3) is 0 Å². The van der Waals surface area contributed by atoms with Gasteiger partial charge >= 0.3 is 11.9 Å². The van der Waals surface area contributed by atoms with Crippen molar-refractivity contribution in [3.63, 3.8) is 0 Å². The minimum Gasteiger partial charge on any atom is -0.480 e. The quantitative estimate of drug-likeness (QED) is 0.0453. The molecular weight excluding hydrogens is 574 g/mol. The molecule has 0 rings (SSSR count). The Hall–Kier alpha value is -1.14. The second-order valence-corrected chi connectivity index (χ2v) is 14.3. The summed E-state index contributed by atoms with van der Waals surface area (Å²) >= 11 is 0. The Morgan fingerprint density at radius 1 is 0.370 bits per heavy atom. The number of aliphatic carboxylic acids is 2. The van der Waals surface area contributed by atoms with E-state index >= 15 is 0 Å². The predicted molar refractivity (Wildman–Crippen MR) is 195 cm³/mol. The molecule has 0 aliphatic carbocycles. The lowest BCUT2D eigenvalue weighted by molar-refractivity contribution is -0.195. The van der Waals surface area contributed by atoms with Gasteiger partial charge in [-0.05, 0) is 12.8 Å². The summed E-state index contributed by atoms with van der Waals surface area (Å²) in [5, 5.41) is 30.7. The summed E-state index contributed by atoms with van der Waals surface area (Å²) in [5.41, 5.74) is 0. The van der Waals surface area contributed by atoms with Gasteiger partial charge in [0.25, 0.3) is 0 Å². The van der Waals surface area contributed by atoms with Gasteiger partial charge in [0.2, 0.25) is 0 Å². The van der Waals surface area contributed by atoms with Crippen LogP contribution in [0.15, 0.2) is 0 Å². The minimum atomic E-state index is -1.16. The lowest BCUT2D eigenvalue weighted by atomic mass is 10.0. The van der Waals surface area contributed by atoms with Crippen molar-refractivity contribution < 1.29 is 25.0 Å². The number of unbranched alkanes of at least 4 members (excludes halogenated alkanes) is 30. The predicted octanol–water partition coefficient (Wildman–Crippen LogP) is 12.9. The highest BCUT2D eigenvalue weighted by molar-refractivity contribution is 5.77. The van der Waals surface area contributed by atoms with E-state index in [-0.39, 0.29) is 12.8 Å². The van der Waals surface area contributed by atoms with Gasteiger partial charge in [-0.3, -0.25) is 9.59 Å². The third-order valence-corrected chi connectivity index (χ3v) is 9.87. The van der Waals surface area contributed by atoms with Crippen LogP contribution in [-0.2, 0) is 9.59 Å². The maximum Gasteiger partial charge on any atom is 0.323 e. The van der Waals surface area contributed by atoms with Crippen LogP contribution < -0.4 is 0 Å². The van der Waals surface area contributed by atoms with Crippen molar-refractivity contribution >= 4 is 11.9 Å². The van der Waals surface area contributed by atoms with Gasteiger partial charge in [-0.2, -0.15) is 5.06 Å². The number of carboxylic acid groups (broad SMARTS) is 2. The minimum absolute atomic E-state index is 0.285. The first kappa shape index (κ1) is 44.9. The van der Waals surface area contributed by atoms with Crippen molar-refractivity contribution in [3.05, 3.63) is 0 Å². The number of hydroxylamine groups is 2. The van der Waals surface area contributed by atoms with Gasteiger partial charge < -0.3 is 15.4 Å². The second-order valence-electron chi connectivity index (χ2n) is 14.3. The fourth-order valence-electron chi connectivity index (χ4n) is 6.73. The molecule has 0 radical (unpaired) electrons. The maximum atomic E-state index is 11.9. The average molecular weight is 654 g/mol. The molecule has 0 bridgehead atoms. The molecule has 0 saturated heterocycles. The molecule has 0 aromatic carbocycles. The van der Waals surface area contributed by atoms with E-state index in [1.807, 2.05) is 0 Å². The van der Waals surface area contributed by atoms with Crippen molar-refractivity contribution in [2.24, 2.45) is 0 Å². The molecule has 6 heteroatoms. The summed E-state index contributed by atoms with van der Waals surface area (Å²) in [5.74, 6) is -2.27. The summed E-state index contributed by atoms with van der Waals surface area (Å²) in [6, 6.07) is -2.32. The van der Waals surface area contributed by atoms with E-state index in [0.29, 0.717) is 17.9 Å². The zero-order valence-electron chi connectivity index (χ0n) is 30.8. The van der Waals surface area contributed by atoms with Crippen LogP contribution in [0.4, 0.5) is 0 Å². The Kier molecular flexibility index (Phi) is 34.3. The Morgan fingerprint density at radius 2 is 0.543 bits per heavy atom. The summed E-state index contributed by atoms with van der Waals surface area (Å²) < 4.78 is 0. The SMILES string of the molecule is CCCCCCCCCCCCCCCCCCC(C(=O)O)N(O)C(CCCCCCCCCCCCCCCCCC)C(=O)O. The number of rotatable bonds is 38. The van der Waals surface area contributed by atoms with E-state index < -0.39 is 24.0 Å². The van der Waals surface area contributed by atoms with Crippen molar-refractivity contribution in [3.8, 4) is 0 Å². The molecule has 0 fully saturated rings. The van der Waals surface area contributed by atoms with Crippen LogP contribution in [0.1, 0.15) is 232 Å². The third-order valence-electron chi connectivity index (χ3n) is 9.87. The molecule has 0 aromatic rings. The van der Waals surface area contributed by atoms with Gasteiger partial charge in [-0.15, -0.1) is 0 Å². The van der Waals surface area contributed by atoms with Gasteiger partial charge in [-0.1, -0.05) is 219 Å². The summed E-state index contributed by atoms with van der Waals surface area (Å²) in [6.45, 7) is 4.53. The van der Waals surface area contributed by atoms with Crippen LogP contribution >= 0.6 is 0 Å². The molecule has 274 valence electrons. The fourth-order valence-corrected chi connectivity index (χ4v) is 6.73. The standard InChI is InChI=1S/C40H79NO5/c1-3-5-7-9-11-13-15-17-19-21-23-25-27-29-31-33-35-37(39(42)43)41(46)38(40(44)45)36-34-32-30-28-26-24-22-20-18-16-14-12-10-8-6-4-2/h37-38,46H,3-36H2,1-2H3,(H,42,43)(H,44,45). The zero-order valence-corrected chi connectivity index (χ0v) is 30.8. The van der Waals surface area contributed by atoms with Crippen LogP contribution in [-0.4, -0.2) is 44.5 Å². The smallest absolute Gasteiger partial charge is 0.323 e. The zero-order chi connectivity index (χ0) is 33.9. The highest BCUT2D eigenvalue weighted by Gasteiger charge is 2.34. The number of carbonyl (C=O) groups is 2. The monoisotopic (exact) mass is 654 g/mol. The van der Waals surface area contributed by atoms with E-state index in [1.54, 1.807) is 0 Å². The van der Waals surface area contributed by atoms with Crippen LogP contribution in [0.3, 0.4) is 0 Å². The summed E-state index contributed by atoms with van der Waals surface area (Å²) in [6.07, 6.45) is 40.6. The van der Waals surface area contributed by atoms with Gasteiger partial charge in [-0.25, -0.2) is 0 Å². The molecule has 0 aromatic heterocycles. The topological polar surface area (TPSA) is 98.1 Å². The molecule has 0 spiro atoms. The molecule has 0 heterocycles. The molecule has 0 aliphatic rings. The van der Waals surface area contributed by atoms with E-state index in [0.717, 1.165) is 38.5 Å². The van der Waals surface area contributed by atoms with E-state index in [4.69, 9.17) is 0 Å². The molecule has 0 saturated carbocycles.